The standard InChI is InChI=1S/C14H16F2N2O2/c1-8(2)3-13(14(19)20)18-7-10-11(15)4-9(6-17)5-12(10)16/h4-5,8,13,18H,3,7H2,1-2H3,(H,19,20). The number of rotatable bonds is 6. The van der Waals surface area contributed by atoms with E-state index >= 15 is 0 Å². The van der Waals surface area contributed by atoms with Gasteiger partial charge in [-0.2, -0.15) is 5.26 Å². The van der Waals surface area contributed by atoms with Gasteiger partial charge in [0.25, 0.3) is 0 Å². The summed E-state index contributed by atoms with van der Waals surface area (Å²) in [5.74, 6) is -2.64. The molecule has 6 heteroatoms. The van der Waals surface area contributed by atoms with Gasteiger partial charge in [-0.3, -0.25) is 4.79 Å². The van der Waals surface area contributed by atoms with E-state index < -0.39 is 23.6 Å². The molecule has 0 heterocycles. The molecule has 0 aromatic heterocycles. The van der Waals surface area contributed by atoms with Crippen molar-refractivity contribution in [1.82, 2.24) is 5.32 Å². The number of hydrogen-bond acceptors (Lipinski definition) is 3. The lowest BCUT2D eigenvalue weighted by Gasteiger charge is -2.17. The number of halogens is 2. The summed E-state index contributed by atoms with van der Waals surface area (Å²) < 4.78 is 27.3. The minimum absolute atomic E-state index is 0.110. The van der Waals surface area contributed by atoms with Gasteiger partial charge in [0, 0.05) is 12.1 Å². The van der Waals surface area contributed by atoms with E-state index in [4.69, 9.17) is 10.4 Å². The number of carboxylic acid groups (broad SMARTS) is 1. The number of carbonyl (C=O) groups is 1. The predicted octanol–water partition coefficient (Wildman–Crippen LogP) is 2.43. The number of nitrogens with one attached hydrogen (secondary N) is 1. The highest BCUT2D eigenvalue weighted by Gasteiger charge is 2.20. The summed E-state index contributed by atoms with van der Waals surface area (Å²) >= 11 is 0. The van der Waals surface area contributed by atoms with Crippen molar-refractivity contribution in [2.75, 3.05) is 0 Å². The van der Waals surface area contributed by atoms with Crippen molar-refractivity contribution < 1.29 is 18.7 Å². The smallest absolute Gasteiger partial charge is 0.320 e. The topological polar surface area (TPSA) is 73.1 Å². The lowest BCUT2D eigenvalue weighted by Crippen LogP contribution is -2.37. The minimum atomic E-state index is -1.06. The van der Waals surface area contributed by atoms with E-state index in [0.29, 0.717) is 6.42 Å². The molecule has 0 aliphatic carbocycles. The van der Waals surface area contributed by atoms with Crippen molar-refractivity contribution in [3.05, 3.63) is 34.9 Å². The highest BCUT2D eigenvalue weighted by molar-refractivity contribution is 5.73. The highest BCUT2D eigenvalue weighted by Crippen LogP contribution is 2.16. The zero-order valence-electron chi connectivity index (χ0n) is 11.3. The summed E-state index contributed by atoms with van der Waals surface area (Å²) in [7, 11) is 0. The average molecular weight is 282 g/mol. The van der Waals surface area contributed by atoms with E-state index in [-0.39, 0.29) is 23.6 Å². The van der Waals surface area contributed by atoms with Crippen molar-refractivity contribution >= 4 is 5.97 Å². The Morgan fingerprint density at radius 3 is 2.35 bits per heavy atom. The highest BCUT2D eigenvalue weighted by atomic mass is 19.1. The van der Waals surface area contributed by atoms with Gasteiger partial charge in [-0.15, -0.1) is 0 Å². The molecule has 108 valence electrons. The molecule has 0 aliphatic rings. The van der Waals surface area contributed by atoms with Crippen molar-refractivity contribution in [3.63, 3.8) is 0 Å². The second kappa shape index (κ2) is 6.96. The third-order valence-corrected chi connectivity index (χ3v) is 2.80. The Bertz CT molecular complexity index is 515. The van der Waals surface area contributed by atoms with Crippen molar-refractivity contribution in [3.8, 4) is 6.07 Å². The quantitative estimate of drug-likeness (QED) is 0.840. The summed E-state index contributed by atoms with van der Waals surface area (Å²) in [4.78, 5) is 11.0. The first-order chi connectivity index (χ1) is 9.35. The molecule has 0 spiro atoms. The second-order valence-corrected chi connectivity index (χ2v) is 4.93. The van der Waals surface area contributed by atoms with E-state index in [1.807, 2.05) is 13.8 Å². The first kappa shape index (κ1) is 16.1. The molecule has 0 radical (unpaired) electrons. The Balaban J connectivity index is 2.83. The zero-order chi connectivity index (χ0) is 15.3. The van der Waals surface area contributed by atoms with Gasteiger partial charge >= 0.3 is 5.97 Å². The molecule has 0 saturated heterocycles. The fraction of sp³-hybridized carbons (Fsp3) is 0.429. The van der Waals surface area contributed by atoms with Gasteiger partial charge in [0.2, 0.25) is 0 Å². The van der Waals surface area contributed by atoms with Crippen LogP contribution in [0, 0.1) is 28.9 Å². The third kappa shape index (κ3) is 4.28. The van der Waals surface area contributed by atoms with Gasteiger partial charge in [0.05, 0.1) is 11.6 Å². The zero-order valence-corrected chi connectivity index (χ0v) is 11.3. The number of nitriles is 1. The molecule has 0 fully saturated rings. The summed E-state index contributed by atoms with van der Waals surface area (Å²) in [6.45, 7) is 3.48. The van der Waals surface area contributed by atoms with Gasteiger partial charge in [0.1, 0.15) is 17.7 Å². The molecule has 0 bridgehead atoms. The van der Waals surface area contributed by atoms with E-state index in [1.165, 1.54) is 0 Å². The van der Waals surface area contributed by atoms with Crippen molar-refractivity contribution in [2.45, 2.75) is 32.9 Å². The van der Waals surface area contributed by atoms with Gasteiger partial charge in [-0.05, 0) is 24.5 Å². The minimum Gasteiger partial charge on any atom is -0.480 e. The Hall–Kier alpha value is -2.00. The molecular weight excluding hydrogens is 266 g/mol. The molecule has 1 atom stereocenters. The maximum Gasteiger partial charge on any atom is 0.320 e. The van der Waals surface area contributed by atoms with E-state index in [1.54, 1.807) is 6.07 Å². The largest absolute Gasteiger partial charge is 0.480 e. The van der Waals surface area contributed by atoms with Crippen LogP contribution in [0.2, 0.25) is 0 Å². The van der Waals surface area contributed by atoms with E-state index in [0.717, 1.165) is 12.1 Å². The maximum atomic E-state index is 13.6. The molecule has 4 nitrogen and oxygen atoms in total. The van der Waals surface area contributed by atoms with Crippen LogP contribution in [0.3, 0.4) is 0 Å². The molecule has 2 N–H and O–H groups in total. The van der Waals surface area contributed by atoms with Gasteiger partial charge in [-0.1, -0.05) is 13.8 Å². The Morgan fingerprint density at radius 2 is 1.95 bits per heavy atom. The second-order valence-electron chi connectivity index (χ2n) is 4.93. The maximum absolute atomic E-state index is 13.6. The molecular formula is C14H16F2N2O2. The lowest BCUT2D eigenvalue weighted by atomic mass is 10.0. The van der Waals surface area contributed by atoms with Crippen LogP contribution >= 0.6 is 0 Å². The Labute approximate surface area is 116 Å². The molecule has 1 aromatic rings. The molecule has 1 rings (SSSR count). The summed E-state index contributed by atoms with van der Waals surface area (Å²) in [6.07, 6.45) is 0.356. The molecule has 1 aromatic carbocycles. The molecule has 0 saturated carbocycles. The lowest BCUT2D eigenvalue weighted by molar-refractivity contribution is -0.140. The van der Waals surface area contributed by atoms with Crippen LogP contribution in [0.25, 0.3) is 0 Å². The predicted molar refractivity (Wildman–Crippen MR) is 68.8 cm³/mol. The first-order valence-electron chi connectivity index (χ1n) is 6.19. The van der Waals surface area contributed by atoms with Crippen LogP contribution in [0.15, 0.2) is 12.1 Å². The fourth-order valence-electron chi connectivity index (χ4n) is 1.80. The number of benzene rings is 1. The Morgan fingerprint density at radius 1 is 1.40 bits per heavy atom. The number of aliphatic carboxylic acids is 1. The SMILES string of the molecule is CC(C)CC(NCc1c(F)cc(C#N)cc1F)C(=O)O. The van der Waals surface area contributed by atoms with Crippen molar-refractivity contribution in [2.24, 2.45) is 5.92 Å². The molecule has 1 unspecified atom stereocenters. The van der Waals surface area contributed by atoms with Crippen LogP contribution in [0.1, 0.15) is 31.4 Å². The van der Waals surface area contributed by atoms with Crippen molar-refractivity contribution in [1.29, 1.82) is 5.26 Å². The average Bonchev–Trinajstić information content (AvgIpc) is 2.35. The Kier molecular flexibility index (Phi) is 5.59. The summed E-state index contributed by atoms with van der Waals surface area (Å²) in [6, 6.07) is 2.64. The monoisotopic (exact) mass is 282 g/mol. The van der Waals surface area contributed by atoms with Crippen LogP contribution in [0.4, 0.5) is 8.78 Å². The van der Waals surface area contributed by atoms with Gasteiger partial charge in [-0.25, -0.2) is 8.78 Å². The number of carboxylic acids is 1. The third-order valence-electron chi connectivity index (χ3n) is 2.80. The molecule has 0 aliphatic heterocycles. The fourth-order valence-corrected chi connectivity index (χ4v) is 1.80. The molecule has 0 amide bonds. The van der Waals surface area contributed by atoms with Crippen LogP contribution in [-0.2, 0) is 11.3 Å². The van der Waals surface area contributed by atoms with Crippen LogP contribution in [0.5, 0.6) is 0 Å². The van der Waals surface area contributed by atoms with Gasteiger partial charge < -0.3 is 10.4 Å². The normalized spacial score (nSPS) is 12.2. The first-order valence-corrected chi connectivity index (χ1v) is 6.19. The summed E-state index contributed by atoms with van der Waals surface area (Å²) in [5, 5.41) is 20.2. The van der Waals surface area contributed by atoms with E-state index in [9.17, 15) is 13.6 Å². The van der Waals surface area contributed by atoms with Gasteiger partial charge in [0.15, 0.2) is 0 Å². The molecule has 20 heavy (non-hydrogen) atoms. The number of nitrogens with zero attached hydrogens (tertiary/aromatic N) is 1. The number of hydrogen-bond donors (Lipinski definition) is 2. The van der Waals surface area contributed by atoms with E-state index in [2.05, 4.69) is 5.32 Å². The summed E-state index contributed by atoms with van der Waals surface area (Å²) in [5.41, 5.74) is -0.375. The van der Waals surface area contributed by atoms with Crippen LogP contribution < -0.4 is 5.32 Å². The van der Waals surface area contributed by atoms with Crippen LogP contribution in [-0.4, -0.2) is 17.1 Å².